The molecule has 0 spiro atoms. The third-order valence-corrected chi connectivity index (χ3v) is 14.0. The summed E-state index contributed by atoms with van der Waals surface area (Å²) in [6.07, 6.45) is 4.13. The Morgan fingerprint density at radius 1 is 0.662 bits per heavy atom. The van der Waals surface area contributed by atoms with E-state index in [0.29, 0.717) is 45.4 Å². The van der Waals surface area contributed by atoms with E-state index in [1.54, 1.807) is 0 Å². The van der Waals surface area contributed by atoms with Crippen LogP contribution in [0, 0.1) is 3.57 Å². The molecule has 6 N–H and O–H groups in total. The van der Waals surface area contributed by atoms with Crippen molar-refractivity contribution in [1.29, 1.82) is 0 Å². The van der Waals surface area contributed by atoms with Gasteiger partial charge in [-0.1, -0.05) is 18.2 Å². The van der Waals surface area contributed by atoms with Gasteiger partial charge in [0.25, 0.3) is 22.9 Å². The Kier molecular flexibility index (Phi) is 11.8. The molecule has 11 rings (SSSR count). The van der Waals surface area contributed by atoms with Crippen LogP contribution in [0.4, 0.5) is 11.9 Å². The van der Waals surface area contributed by atoms with Gasteiger partial charge in [-0.2, -0.15) is 0 Å². The number of nitrogens with zero attached hydrogens (tertiary/aromatic N) is 4. The number of halogens is 1. The molecule has 1 saturated heterocycles. The number of aromatic amines is 2. The fraction of sp³-hybridized carbons (Fsp3) is 0.480. The van der Waals surface area contributed by atoms with Gasteiger partial charge in [-0.05, 0) is 162 Å². The van der Waals surface area contributed by atoms with Crippen LogP contribution < -0.4 is 38.0 Å². The van der Waals surface area contributed by atoms with Crippen molar-refractivity contribution in [2.45, 2.75) is 155 Å². The summed E-state index contributed by atoms with van der Waals surface area (Å²) in [5, 5.41) is 13.9. The van der Waals surface area contributed by atoms with E-state index in [-0.39, 0.29) is 63.3 Å². The molecule has 2 atom stereocenters. The van der Waals surface area contributed by atoms with Gasteiger partial charge in [-0.3, -0.25) is 28.3 Å². The van der Waals surface area contributed by atoms with Crippen molar-refractivity contribution in [3.8, 4) is 11.3 Å². The fourth-order valence-corrected chi connectivity index (χ4v) is 9.39. The van der Waals surface area contributed by atoms with Gasteiger partial charge in [0.1, 0.15) is 0 Å². The van der Waals surface area contributed by atoms with Crippen LogP contribution in [-0.4, -0.2) is 70.3 Å². The Bertz CT molecular complexity index is 3110. The van der Waals surface area contributed by atoms with Crippen molar-refractivity contribution in [2.75, 3.05) is 10.6 Å². The first-order valence-electron chi connectivity index (χ1n) is 23.6. The number of carbonyl (C=O) groups is 2. The lowest BCUT2D eigenvalue weighted by molar-refractivity contribution is 0.00578. The van der Waals surface area contributed by atoms with Gasteiger partial charge in [-0.15, -0.1) is 0 Å². The molecule has 0 radical (unpaired) electrons. The summed E-state index contributed by atoms with van der Waals surface area (Å²) >= 11 is 2.23. The lowest BCUT2D eigenvalue weighted by Crippen LogP contribution is -2.41. The Morgan fingerprint density at radius 2 is 1.12 bits per heavy atom. The quantitative estimate of drug-likeness (QED) is 0.0695. The molecule has 18 heteroatoms. The predicted octanol–water partition coefficient (Wildman–Crippen LogP) is 8.41. The average Bonchev–Trinajstić information content (AvgIpc) is 4.08. The summed E-state index contributed by atoms with van der Waals surface area (Å²) in [6.45, 7) is 24.4. The number of amides is 2. The van der Waals surface area contributed by atoms with E-state index in [9.17, 15) is 19.2 Å². The Hall–Kier alpha value is -5.47. The van der Waals surface area contributed by atoms with Gasteiger partial charge in [0.15, 0.2) is 0 Å². The zero-order valence-electron chi connectivity index (χ0n) is 41.0. The minimum absolute atomic E-state index is 0.0127. The van der Waals surface area contributed by atoms with Crippen LogP contribution in [-0.2, 0) is 9.31 Å². The fourth-order valence-electron chi connectivity index (χ4n) is 8.77. The van der Waals surface area contributed by atoms with Crippen LogP contribution in [0.2, 0.25) is 0 Å². The second-order valence-corrected chi connectivity index (χ2v) is 23.0. The number of carbonyl (C=O) groups excluding carboxylic acids is 2. The van der Waals surface area contributed by atoms with E-state index in [4.69, 9.17) is 19.3 Å². The van der Waals surface area contributed by atoms with Crippen LogP contribution >= 0.6 is 22.6 Å². The number of nitrogens with one attached hydrogen (secondary N) is 6. The molecule has 0 bridgehead atoms. The van der Waals surface area contributed by atoms with Gasteiger partial charge in [0.05, 0.1) is 61.9 Å². The molecule has 2 aromatic carbocycles. The van der Waals surface area contributed by atoms with Crippen LogP contribution in [0.15, 0.2) is 58.1 Å². The lowest BCUT2D eigenvalue weighted by Gasteiger charge is -2.32. The van der Waals surface area contributed by atoms with E-state index in [1.807, 2.05) is 99.2 Å². The largest absolute Gasteiger partial charge is 0.512 e. The molecule has 3 aliphatic heterocycles. The molecule has 2 saturated carbocycles. The number of aromatic nitrogens is 6. The monoisotopic (exact) mass is 1040 g/mol. The van der Waals surface area contributed by atoms with Gasteiger partial charge < -0.3 is 40.5 Å². The number of hydrogen-bond acceptors (Lipinski definition) is 10. The van der Waals surface area contributed by atoms with Crippen LogP contribution in [0.5, 0.6) is 0 Å². The van der Waals surface area contributed by atoms with Crippen molar-refractivity contribution in [3.05, 3.63) is 95.3 Å². The topological polar surface area (TPSA) is 202 Å². The molecule has 358 valence electrons. The molecule has 4 aromatic heterocycles. The molecule has 3 fully saturated rings. The molecule has 2 aliphatic carbocycles. The number of H-pyrrole nitrogens is 2. The molecular formula is C50H62BIN10O6. The standard InChI is InChI=1S/C22H25N5O2.C15H18IN3O.C13H19BN2O3/c1-11-17-15(19(28)23-11)10-16(24-17)13-6-5-7-14-18(13)25-21(26-22(2,3)4)27(20(14)29)12-8-9-12;1-15(2,3)18-14-17-12-10(5-4-6-11(12)16)13(20)19(14)9-7-8-9;1-7-10-8(11(17)15-7)6-9(16-10)14-18-12(2,3)13(4,5)19-14/h5-7,10-12,24H,8-9H2,1-4H3,(H,23,28)(H,25,26);4-6,9H,7-8H2,1-3H3,(H,17,18);6-7,16H,1-5H3,(H,15,17)/t11-;;7-/m1.1/s1. The number of fused-ring (bicyclic) bond motifs is 4. The highest BCUT2D eigenvalue weighted by molar-refractivity contribution is 14.1. The Balaban J connectivity index is 0.000000132. The van der Waals surface area contributed by atoms with Crippen LogP contribution in [0.25, 0.3) is 33.1 Å². The van der Waals surface area contributed by atoms with Gasteiger partial charge in [0.2, 0.25) is 11.9 Å². The SMILES string of the molecule is CC(C)(C)Nc1nc2c(I)cccc2c(=O)n1C1CC1.C[C@H]1NC(=O)c2cc(-c3cccc4c(=O)n(C5CC5)c(NC(C)(C)C)nc34)[nH]c21.C[C@H]1NC(=O)c2cc(B3OC(C)(C)C(C)(C)O3)[nH]c21. The number of anilines is 2. The molecule has 68 heavy (non-hydrogen) atoms. The molecular weight excluding hydrogens is 974 g/mol. The smallest absolute Gasteiger partial charge is 0.398 e. The molecule has 6 aromatic rings. The first kappa shape index (κ1) is 47.6. The highest BCUT2D eigenvalue weighted by atomic mass is 127. The summed E-state index contributed by atoms with van der Waals surface area (Å²) in [6, 6.07) is 15.6. The zero-order valence-corrected chi connectivity index (χ0v) is 43.1. The maximum Gasteiger partial charge on any atom is 0.512 e. The first-order chi connectivity index (χ1) is 31.8. The van der Waals surface area contributed by atoms with E-state index >= 15 is 0 Å². The van der Waals surface area contributed by atoms with Gasteiger partial charge in [0, 0.05) is 49.3 Å². The minimum atomic E-state index is -0.449. The second kappa shape index (κ2) is 16.9. The average molecular weight is 1040 g/mol. The van der Waals surface area contributed by atoms with Gasteiger partial charge >= 0.3 is 7.12 Å². The van der Waals surface area contributed by atoms with E-state index in [0.717, 1.165) is 63.0 Å². The number of rotatable bonds is 6. The molecule has 5 aliphatic rings. The van der Waals surface area contributed by atoms with Crippen molar-refractivity contribution >= 4 is 80.8 Å². The van der Waals surface area contributed by atoms with Crippen molar-refractivity contribution in [1.82, 2.24) is 39.7 Å². The lowest BCUT2D eigenvalue weighted by atomic mass is 9.85. The highest BCUT2D eigenvalue weighted by Crippen LogP contribution is 2.40. The van der Waals surface area contributed by atoms with Crippen molar-refractivity contribution in [3.63, 3.8) is 0 Å². The zero-order chi connectivity index (χ0) is 49.0. The highest BCUT2D eigenvalue weighted by Gasteiger charge is 2.53. The van der Waals surface area contributed by atoms with Gasteiger partial charge in [-0.25, -0.2) is 9.97 Å². The van der Waals surface area contributed by atoms with E-state index in [2.05, 4.69) is 95.4 Å². The molecule has 16 nitrogen and oxygen atoms in total. The summed E-state index contributed by atoms with van der Waals surface area (Å²) in [4.78, 5) is 66.3. The van der Waals surface area contributed by atoms with E-state index < -0.39 is 7.12 Å². The molecule has 7 heterocycles. The minimum Gasteiger partial charge on any atom is -0.398 e. The molecule has 0 unspecified atom stereocenters. The third-order valence-electron chi connectivity index (χ3n) is 13.2. The second-order valence-electron chi connectivity index (χ2n) is 21.8. The van der Waals surface area contributed by atoms with Crippen LogP contribution in [0.3, 0.4) is 0 Å². The third kappa shape index (κ3) is 9.10. The predicted molar refractivity (Wildman–Crippen MR) is 276 cm³/mol. The maximum absolute atomic E-state index is 13.4. The molecule has 2 amide bonds. The van der Waals surface area contributed by atoms with Crippen molar-refractivity contribution in [2.24, 2.45) is 0 Å². The van der Waals surface area contributed by atoms with E-state index in [1.165, 1.54) is 0 Å². The number of para-hydroxylation sites is 2. The Labute approximate surface area is 409 Å². The number of hydrogen-bond donors (Lipinski definition) is 6. The summed E-state index contributed by atoms with van der Waals surface area (Å²) in [7, 11) is -0.449. The summed E-state index contributed by atoms with van der Waals surface area (Å²) in [5.41, 5.74) is 5.98. The normalized spacial score (nSPS) is 20.3. The summed E-state index contributed by atoms with van der Waals surface area (Å²) in [5.74, 6) is 1.19. The van der Waals surface area contributed by atoms with Crippen LogP contribution in [0.1, 0.15) is 165 Å². The number of benzene rings is 2. The first-order valence-corrected chi connectivity index (χ1v) is 24.6. The summed E-state index contributed by atoms with van der Waals surface area (Å²) < 4.78 is 16.6. The maximum atomic E-state index is 13.4. The Morgan fingerprint density at radius 3 is 1.59 bits per heavy atom. The van der Waals surface area contributed by atoms with Crippen molar-refractivity contribution < 1.29 is 18.9 Å².